The molecule has 94 valence electrons. The highest BCUT2D eigenvalue weighted by Crippen LogP contribution is 2.31. The number of thiophene rings is 1. The molecule has 1 fully saturated rings. The summed E-state index contributed by atoms with van der Waals surface area (Å²) < 4.78 is 0. The SMILES string of the molecule is CCN1C(=O)C(C(C)C)NC1c1ccc(C)s1. The number of rotatable bonds is 3. The van der Waals surface area contributed by atoms with Gasteiger partial charge < -0.3 is 4.90 Å². The Hall–Kier alpha value is -0.870. The minimum absolute atomic E-state index is 0.0395. The summed E-state index contributed by atoms with van der Waals surface area (Å²) >= 11 is 1.76. The second-order valence-corrected chi connectivity index (χ2v) is 6.18. The Bertz CT molecular complexity index is 413. The normalized spacial score (nSPS) is 25.0. The molecule has 2 rings (SSSR count). The molecule has 1 aliphatic heterocycles. The van der Waals surface area contributed by atoms with Gasteiger partial charge >= 0.3 is 0 Å². The minimum Gasteiger partial charge on any atom is -0.321 e. The molecule has 1 saturated heterocycles. The van der Waals surface area contributed by atoms with Crippen LogP contribution in [0.5, 0.6) is 0 Å². The molecule has 3 nitrogen and oxygen atoms in total. The van der Waals surface area contributed by atoms with Crippen molar-refractivity contribution in [3.8, 4) is 0 Å². The summed E-state index contributed by atoms with van der Waals surface area (Å²) in [6, 6.07) is 4.20. The predicted octanol–water partition coefficient (Wildman–Crippen LogP) is 2.53. The molecule has 1 amide bonds. The average molecular weight is 252 g/mol. The van der Waals surface area contributed by atoms with Crippen LogP contribution in [0.2, 0.25) is 0 Å². The maximum absolute atomic E-state index is 12.2. The van der Waals surface area contributed by atoms with E-state index in [9.17, 15) is 4.79 Å². The van der Waals surface area contributed by atoms with E-state index in [0.29, 0.717) is 5.92 Å². The van der Waals surface area contributed by atoms with E-state index in [1.807, 2.05) is 11.8 Å². The number of aryl methyl sites for hydroxylation is 1. The molecule has 0 radical (unpaired) electrons. The summed E-state index contributed by atoms with van der Waals surface area (Å²) in [7, 11) is 0. The summed E-state index contributed by atoms with van der Waals surface area (Å²) in [6.45, 7) is 9.07. The van der Waals surface area contributed by atoms with E-state index in [4.69, 9.17) is 0 Å². The maximum atomic E-state index is 12.2. The van der Waals surface area contributed by atoms with Crippen molar-refractivity contribution in [3.05, 3.63) is 21.9 Å². The lowest BCUT2D eigenvalue weighted by Gasteiger charge is -2.21. The molecule has 1 aromatic rings. The zero-order chi connectivity index (χ0) is 12.6. The average Bonchev–Trinajstić information content (AvgIpc) is 2.82. The molecule has 2 atom stereocenters. The Labute approximate surface area is 107 Å². The lowest BCUT2D eigenvalue weighted by atomic mass is 10.1. The van der Waals surface area contributed by atoms with Crippen molar-refractivity contribution < 1.29 is 4.79 Å². The van der Waals surface area contributed by atoms with Crippen molar-refractivity contribution in [1.29, 1.82) is 0 Å². The quantitative estimate of drug-likeness (QED) is 0.896. The lowest BCUT2D eigenvalue weighted by molar-refractivity contribution is -0.130. The third kappa shape index (κ3) is 2.24. The van der Waals surface area contributed by atoms with Gasteiger partial charge in [-0.25, -0.2) is 0 Å². The van der Waals surface area contributed by atoms with Gasteiger partial charge in [0.25, 0.3) is 0 Å². The number of carbonyl (C=O) groups is 1. The summed E-state index contributed by atoms with van der Waals surface area (Å²) in [5.74, 6) is 0.571. The number of nitrogens with zero attached hydrogens (tertiary/aromatic N) is 1. The Morgan fingerprint density at radius 2 is 2.18 bits per heavy atom. The minimum atomic E-state index is -0.0395. The van der Waals surface area contributed by atoms with E-state index in [0.717, 1.165) is 6.54 Å². The van der Waals surface area contributed by atoms with Crippen LogP contribution in [0.15, 0.2) is 12.1 Å². The second-order valence-electron chi connectivity index (χ2n) is 4.86. The predicted molar refractivity (Wildman–Crippen MR) is 70.9 cm³/mol. The summed E-state index contributed by atoms with van der Waals surface area (Å²) in [6.07, 6.45) is 0.0681. The topological polar surface area (TPSA) is 32.3 Å². The van der Waals surface area contributed by atoms with Crippen LogP contribution >= 0.6 is 11.3 Å². The molecule has 1 N–H and O–H groups in total. The van der Waals surface area contributed by atoms with Gasteiger partial charge in [-0.3, -0.25) is 10.1 Å². The Morgan fingerprint density at radius 3 is 2.65 bits per heavy atom. The van der Waals surface area contributed by atoms with Crippen molar-refractivity contribution in [3.63, 3.8) is 0 Å². The first-order chi connectivity index (χ1) is 8.04. The van der Waals surface area contributed by atoms with Gasteiger partial charge in [-0.1, -0.05) is 13.8 Å². The number of amides is 1. The van der Waals surface area contributed by atoms with Crippen LogP contribution in [-0.2, 0) is 4.79 Å². The smallest absolute Gasteiger partial charge is 0.241 e. The highest BCUT2D eigenvalue weighted by atomic mass is 32.1. The Morgan fingerprint density at radius 1 is 1.47 bits per heavy atom. The van der Waals surface area contributed by atoms with Gasteiger partial charge in [0.2, 0.25) is 5.91 Å². The lowest BCUT2D eigenvalue weighted by Crippen LogP contribution is -2.34. The number of hydrogen-bond donors (Lipinski definition) is 1. The van der Waals surface area contributed by atoms with Crippen LogP contribution in [0.1, 0.15) is 36.7 Å². The van der Waals surface area contributed by atoms with Crippen LogP contribution in [0.4, 0.5) is 0 Å². The molecular weight excluding hydrogens is 232 g/mol. The molecule has 1 aromatic heterocycles. The first-order valence-corrected chi connectivity index (χ1v) is 6.99. The van der Waals surface area contributed by atoms with Crippen molar-refractivity contribution >= 4 is 17.2 Å². The summed E-state index contributed by atoms with van der Waals surface area (Å²) in [5, 5.41) is 3.46. The molecular formula is C13H20N2OS. The number of likely N-dealkylation sites (N-methyl/N-ethyl adjacent to an activating group) is 1. The van der Waals surface area contributed by atoms with Gasteiger partial charge in [-0.15, -0.1) is 11.3 Å². The van der Waals surface area contributed by atoms with E-state index >= 15 is 0 Å². The Kier molecular flexibility index (Phi) is 3.54. The first kappa shape index (κ1) is 12.6. The van der Waals surface area contributed by atoms with Crippen LogP contribution in [0, 0.1) is 12.8 Å². The number of nitrogens with one attached hydrogen (secondary N) is 1. The van der Waals surface area contributed by atoms with Crippen LogP contribution in [-0.4, -0.2) is 23.4 Å². The molecule has 0 aliphatic carbocycles. The van der Waals surface area contributed by atoms with Crippen molar-refractivity contribution in [2.24, 2.45) is 5.92 Å². The molecule has 4 heteroatoms. The highest BCUT2D eigenvalue weighted by molar-refractivity contribution is 7.12. The second kappa shape index (κ2) is 4.78. The summed E-state index contributed by atoms with van der Waals surface area (Å²) in [4.78, 5) is 16.7. The van der Waals surface area contributed by atoms with E-state index < -0.39 is 0 Å². The maximum Gasteiger partial charge on any atom is 0.241 e. The van der Waals surface area contributed by atoms with Crippen molar-refractivity contribution in [2.45, 2.75) is 39.9 Å². The third-order valence-electron chi connectivity index (χ3n) is 3.24. The molecule has 17 heavy (non-hydrogen) atoms. The van der Waals surface area contributed by atoms with Gasteiger partial charge in [0.15, 0.2) is 0 Å². The van der Waals surface area contributed by atoms with Crippen molar-refractivity contribution in [1.82, 2.24) is 10.2 Å². The fourth-order valence-corrected chi connectivity index (χ4v) is 3.24. The number of hydrogen-bond acceptors (Lipinski definition) is 3. The van der Waals surface area contributed by atoms with E-state index in [1.165, 1.54) is 9.75 Å². The molecule has 0 saturated carbocycles. The van der Waals surface area contributed by atoms with Crippen molar-refractivity contribution in [2.75, 3.05) is 6.54 Å². The van der Waals surface area contributed by atoms with E-state index in [-0.39, 0.29) is 18.1 Å². The van der Waals surface area contributed by atoms with Gasteiger partial charge in [0.05, 0.1) is 6.04 Å². The third-order valence-corrected chi connectivity index (χ3v) is 4.29. The van der Waals surface area contributed by atoms with Crippen LogP contribution in [0.25, 0.3) is 0 Å². The van der Waals surface area contributed by atoms with Gasteiger partial charge in [0.1, 0.15) is 6.17 Å². The molecule has 1 aliphatic rings. The standard InChI is InChI=1S/C13H20N2OS/c1-5-15-12(10-7-6-9(4)17-10)14-11(8(2)3)13(15)16/h6-8,11-12,14H,5H2,1-4H3. The van der Waals surface area contributed by atoms with Crippen LogP contribution < -0.4 is 5.32 Å². The van der Waals surface area contributed by atoms with Gasteiger partial charge in [0, 0.05) is 16.3 Å². The van der Waals surface area contributed by atoms with Gasteiger partial charge in [-0.2, -0.15) is 0 Å². The molecule has 2 unspecified atom stereocenters. The van der Waals surface area contributed by atoms with Crippen LogP contribution in [0.3, 0.4) is 0 Å². The first-order valence-electron chi connectivity index (χ1n) is 6.17. The molecule has 0 spiro atoms. The molecule has 0 aromatic carbocycles. The molecule has 2 heterocycles. The van der Waals surface area contributed by atoms with E-state index in [1.54, 1.807) is 11.3 Å². The van der Waals surface area contributed by atoms with Gasteiger partial charge in [-0.05, 0) is 31.9 Å². The molecule has 0 bridgehead atoms. The zero-order valence-corrected chi connectivity index (χ0v) is 11.7. The summed E-state index contributed by atoms with van der Waals surface area (Å²) in [5.41, 5.74) is 0. The van der Waals surface area contributed by atoms with E-state index in [2.05, 4.69) is 38.2 Å². The monoisotopic (exact) mass is 252 g/mol. The zero-order valence-electron chi connectivity index (χ0n) is 10.9. The number of carbonyl (C=O) groups excluding carboxylic acids is 1. The largest absolute Gasteiger partial charge is 0.321 e. The highest BCUT2D eigenvalue weighted by Gasteiger charge is 2.40. The fourth-order valence-electron chi connectivity index (χ4n) is 2.29. The Balaban J connectivity index is 2.26. The fraction of sp³-hybridized carbons (Fsp3) is 0.615.